The third kappa shape index (κ3) is 2.19. The number of amides is 1. The van der Waals surface area contributed by atoms with Crippen LogP contribution in [0, 0.1) is 0 Å². The van der Waals surface area contributed by atoms with Crippen LogP contribution in [0.1, 0.15) is 32.6 Å². The van der Waals surface area contributed by atoms with Crippen molar-refractivity contribution in [1.29, 1.82) is 0 Å². The fourth-order valence-corrected chi connectivity index (χ4v) is 3.52. The number of carbonyl (C=O) groups is 2. The summed E-state index contributed by atoms with van der Waals surface area (Å²) in [6, 6.07) is 0. The zero-order valence-electron chi connectivity index (χ0n) is 9.12. The summed E-state index contributed by atoms with van der Waals surface area (Å²) in [4.78, 5) is 25.2. The number of likely N-dealkylation sites (tertiary alicyclic amines) is 1. The minimum Gasteiger partial charge on any atom is -0.341 e. The predicted octanol–water partition coefficient (Wildman–Crippen LogP) is 1.46. The van der Waals surface area contributed by atoms with E-state index < -0.39 is 0 Å². The number of ketones is 1. The first-order valence-corrected chi connectivity index (χ1v) is 6.55. The van der Waals surface area contributed by atoms with E-state index in [9.17, 15) is 9.59 Å². The summed E-state index contributed by atoms with van der Waals surface area (Å²) in [6.45, 7) is 3.31. The van der Waals surface area contributed by atoms with Crippen molar-refractivity contribution in [1.82, 2.24) is 4.90 Å². The molecule has 0 spiro atoms. The van der Waals surface area contributed by atoms with E-state index in [0.717, 1.165) is 18.6 Å². The average Bonchev–Trinajstić information content (AvgIpc) is 2.67. The van der Waals surface area contributed by atoms with Crippen LogP contribution in [0.25, 0.3) is 0 Å². The van der Waals surface area contributed by atoms with Crippen LogP contribution in [0.2, 0.25) is 0 Å². The molecule has 0 aliphatic carbocycles. The predicted molar refractivity (Wildman–Crippen MR) is 60.9 cm³/mol. The standard InChI is InChI=1S/C11H17NO2S/c1-11(5-2-8-15-11)10(14)12-6-3-9(13)4-7-12/h2-8H2,1H3. The molecule has 3 nitrogen and oxygen atoms in total. The van der Waals surface area contributed by atoms with Crippen LogP contribution in [-0.2, 0) is 9.59 Å². The van der Waals surface area contributed by atoms with Gasteiger partial charge in [0.2, 0.25) is 5.91 Å². The van der Waals surface area contributed by atoms with Gasteiger partial charge >= 0.3 is 0 Å². The average molecular weight is 227 g/mol. The molecule has 0 bridgehead atoms. The molecular weight excluding hydrogens is 210 g/mol. The summed E-state index contributed by atoms with van der Waals surface area (Å²) in [7, 11) is 0. The maximum Gasteiger partial charge on any atom is 0.238 e. The van der Waals surface area contributed by atoms with Crippen molar-refractivity contribution in [3.05, 3.63) is 0 Å². The Labute approximate surface area is 94.6 Å². The second-order valence-electron chi connectivity index (χ2n) is 4.51. The van der Waals surface area contributed by atoms with Gasteiger partial charge in [-0.3, -0.25) is 9.59 Å². The number of piperidine rings is 1. The van der Waals surface area contributed by atoms with Crippen molar-refractivity contribution in [2.75, 3.05) is 18.8 Å². The second-order valence-corrected chi connectivity index (χ2v) is 6.11. The highest BCUT2D eigenvalue weighted by Crippen LogP contribution is 2.39. The summed E-state index contributed by atoms with van der Waals surface area (Å²) in [5, 5.41) is 0. The number of hydrogen-bond donors (Lipinski definition) is 0. The first-order chi connectivity index (χ1) is 7.12. The van der Waals surface area contributed by atoms with Gasteiger partial charge in [-0.15, -0.1) is 11.8 Å². The van der Waals surface area contributed by atoms with Crippen LogP contribution < -0.4 is 0 Å². The number of carbonyl (C=O) groups excluding carboxylic acids is 2. The number of nitrogens with zero attached hydrogens (tertiary/aromatic N) is 1. The van der Waals surface area contributed by atoms with Gasteiger partial charge in [0.15, 0.2) is 0 Å². The minimum absolute atomic E-state index is 0.208. The van der Waals surface area contributed by atoms with Crippen molar-refractivity contribution in [3.8, 4) is 0 Å². The van der Waals surface area contributed by atoms with Gasteiger partial charge in [0, 0.05) is 25.9 Å². The Bertz CT molecular complexity index is 274. The smallest absolute Gasteiger partial charge is 0.238 e. The van der Waals surface area contributed by atoms with Gasteiger partial charge < -0.3 is 4.90 Å². The van der Waals surface area contributed by atoms with Gasteiger partial charge in [0.25, 0.3) is 0 Å². The Morgan fingerprint density at radius 2 is 2.07 bits per heavy atom. The molecule has 0 saturated carbocycles. The van der Waals surface area contributed by atoms with Crippen LogP contribution in [0.15, 0.2) is 0 Å². The third-order valence-electron chi connectivity index (χ3n) is 3.28. The summed E-state index contributed by atoms with van der Waals surface area (Å²) >= 11 is 1.77. The number of hydrogen-bond acceptors (Lipinski definition) is 3. The Balaban J connectivity index is 1.98. The molecule has 2 aliphatic rings. The molecule has 0 radical (unpaired) electrons. The molecule has 84 valence electrons. The van der Waals surface area contributed by atoms with Gasteiger partial charge in [-0.05, 0) is 25.5 Å². The van der Waals surface area contributed by atoms with Crippen molar-refractivity contribution < 1.29 is 9.59 Å². The minimum atomic E-state index is -0.208. The van der Waals surface area contributed by atoms with Crippen LogP contribution >= 0.6 is 11.8 Å². The van der Waals surface area contributed by atoms with E-state index in [0.29, 0.717) is 31.7 Å². The summed E-state index contributed by atoms with van der Waals surface area (Å²) in [5.41, 5.74) is 0. The van der Waals surface area contributed by atoms with E-state index in [1.54, 1.807) is 11.8 Å². The van der Waals surface area contributed by atoms with Gasteiger partial charge in [-0.2, -0.15) is 0 Å². The monoisotopic (exact) mass is 227 g/mol. The molecule has 1 amide bonds. The molecule has 0 aromatic heterocycles. The highest BCUT2D eigenvalue weighted by molar-refractivity contribution is 8.01. The Hall–Kier alpha value is -0.510. The lowest BCUT2D eigenvalue weighted by molar-refractivity contribution is -0.136. The van der Waals surface area contributed by atoms with E-state index in [2.05, 4.69) is 0 Å². The van der Waals surface area contributed by atoms with E-state index in [4.69, 9.17) is 0 Å². The number of thioether (sulfide) groups is 1. The highest BCUT2D eigenvalue weighted by Gasteiger charge is 2.40. The van der Waals surface area contributed by atoms with Crippen LogP contribution in [0.4, 0.5) is 0 Å². The lowest BCUT2D eigenvalue weighted by Crippen LogP contribution is -2.47. The van der Waals surface area contributed by atoms with Gasteiger partial charge in [-0.25, -0.2) is 0 Å². The van der Waals surface area contributed by atoms with Crippen molar-refractivity contribution >= 4 is 23.5 Å². The Morgan fingerprint density at radius 3 is 2.60 bits per heavy atom. The fraction of sp³-hybridized carbons (Fsp3) is 0.818. The lowest BCUT2D eigenvalue weighted by atomic mass is 10.0. The van der Waals surface area contributed by atoms with Crippen molar-refractivity contribution in [2.24, 2.45) is 0 Å². The SMILES string of the molecule is CC1(C(=O)N2CCC(=O)CC2)CCCS1. The van der Waals surface area contributed by atoms with E-state index in [1.165, 1.54) is 0 Å². The van der Waals surface area contributed by atoms with Crippen molar-refractivity contribution in [2.45, 2.75) is 37.4 Å². The topological polar surface area (TPSA) is 37.4 Å². The van der Waals surface area contributed by atoms with Crippen LogP contribution in [0.3, 0.4) is 0 Å². The molecule has 15 heavy (non-hydrogen) atoms. The summed E-state index contributed by atoms with van der Waals surface area (Å²) in [5.74, 6) is 1.63. The first-order valence-electron chi connectivity index (χ1n) is 5.57. The first kappa shape index (κ1) is 11.0. The summed E-state index contributed by atoms with van der Waals surface area (Å²) < 4.78 is -0.208. The maximum atomic E-state index is 12.2. The van der Waals surface area contributed by atoms with Gasteiger partial charge in [-0.1, -0.05) is 0 Å². The van der Waals surface area contributed by atoms with Gasteiger partial charge in [0.05, 0.1) is 4.75 Å². The van der Waals surface area contributed by atoms with Gasteiger partial charge in [0.1, 0.15) is 5.78 Å². The molecule has 1 unspecified atom stereocenters. The molecule has 2 fully saturated rings. The normalized spacial score (nSPS) is 32.1. The van der Waals surface area contributed by atoms with E-state index >= 15 is 0 Å². The molecular formula is C11H17NO2S. The van der Waals surface area contributed by atoms with Crippen molar-refractivity contribution in [3.63, 3.8) is 0 Å². The molecule has 2 rings (SSSR count). The number of Topliss-reactive ketones (excluding diaryl/α,β-unsaturated/α-hetero) is 1. The lowest BCUT2D eigenvalue weighted by Gasteiger charge is -2.33. The van der Waals surface area contributed by atoms with E-state index in [1.807, 2.05) is 11.8 Å². The zero-order valence-corrected chi connectivity index (χ0v) is 9.94. The maximum absolute atomic E-state index is 12.2. The van der Waals surface area contributed by atoms with Crippen LogP contribution in [-0.4, -0.2) is 40.2 Å². The fourth-order valence-electron chi connectivity index (χ4n) is 2.24. The Morgan fingerprint density at radius 1 is 1.40 bits per heavy atom. The molecule has 2 aliphatic heterocycles. The molecule has 2 heterocycles. The molecule has 0 aromatic carbocycles. The molecule has 0 N–H and O–H groups in total. The quantitative estimate of drug-likeness (QED) is 0.680. The third-order valence-corrected chi connectivity index (χ3v) is 4.79. The Kier molecular flexibility index (Phi) is 3.05. The molecule has 2 saturated heterocycles. The van der Waals surface area contributed by atoms with E-state index in [-0.39, 0.29) is 10.7 Å². The highest BCUT2D eigenvalue weighted by atomic mass is 32.2. The van der Waals surface area contributed by atoms with Crippen LogP contribution in [0.5, 0.6) is 0 Å². The molecule has 4 heteroatoms. The largest absolute Gasteiger partial charge is 0.341 e. The molecule has 1 atom stereocenters. The summed E-state index contributed by atoms with van der Waals surface area (Å²) in [6.07, 6.45) is 3.22. The second kappa shape index (κ2) is 4.16. The zero-order chi connectivity index (χ0) is 10.9. The number of rotatable bonds is 1. The molecule has 0 aromatic rings.